The lowest BCUT2D eigenvalue weighted by Crippen LogP contribution is -2.62. The fourth-order valence-corrected chi connectivity index (χ4v) is 4.14. The molecule has 1 saturated heterocycles. The molecule has 10 heteroatoms. The molecule has 33 heavy (non-hydrogen) atoms. The van der Waals surface area contributed by atoms with E-state index in [2.05, 4.69) is 16.0 Å². The number of benzene rings is 2. The maximum Gasteiger partial charge on any atom is 0.326 e. The van der Waals surface area contributed by atoms with Crippen LogP contribution in [0.1, 0.15) is 45.2 Å². The molecule has 2 aliphatic rings. The van der Waals surface area contributed by atoms with Crippen LogP contribution in [0.5, 0.6) is 0 Å². The van der Waals surface area contributed by atoms with Crippen LogP contribution in [-0.4, -0.2) is 46.5 Å². The normalized spacial score (nSPS) is 19.7. The minimum absolute atomic E-state index is 0.0510. The molecule has 0 radical (unpaired) electrons. The second-order valence-electron chi connectivity index (χ2n) is 8.31. The number of amides is 5. The van der Waals surface area contributed by atoms with Gasteiger partial charge in [0.1, 0.15) is 5.54 Å². The Hall–Kier alpha value is -3.72. The molecule has 0 bridgehead atoms. The first-order valence-electron chi connectivity index (χ1n) is 10.2. The maximum atomic E-state index is 13.1. The van der Waals surface area contributed by atoms with Crippen molar-refractivity contribution in [1.29, 1.82) is 0 Å². The Kier molecular flexibility index (Phi) is 5.67. The summed E-state index contributed by atoms with van der Waals surface area (Å²) in [6.07, 6.45) is -0.0743. The van der Waals surface area contributed by atoms with Gasteiger partial charge in [-0.1, -0.05) is 23.7 Å². The first kappa shape index (κ1) is 22.5. The van der Waals surface area contributed by atoms with Gasteiger partial charge < -0.3 is 15.5 Å². The lowest BCUT2D eigenvalue weighted by molar-refractivity contribution is -0.140. The number of urea groups is 1. The molecule has 0 aromatic heterocycles. The number of hydrogen-bond donors (Lipinski definition) is 3. The van der Waals surface area contributed by atoms with E-state index in [0.29, 0.717) is 16.3 Å². The number of imide groups is 1. The standard InChI is InChI=1S/C23H21ClN4O5/c1-12-3-6-15(8-18(12)24)26-22(33)27-19(30)13-4-5-14-11-28(20(31)17(14)7-13)23(2)9-16(29)10-25-21(23)32/h3-8H,9-11H2,1-2H3,(H,25,32)(H2,26,27,30,33). The number of ketones is 1. The summed E-state index contributed by atoms with van der Waals surface area (Å²) in [6, 6.07) is 8.68. The molecule has 2 aromatic carbocycles. The van der Waals surface area contributed by atoms with Gasteiger partial charge in [-0.05, 0) is 49.2 Å². The van der Waals surface area contributed by atoms with E-state index in [1.807, 2.05) is 6.92 Å². The average molecular weight is 469 g/mol. The fraction of sp³-hybridized carbons (Fsp3) is 0.261. The Balaban J connectivity index is 1.48. The first-order valence-corrected chi connectivity index (χ1v) is 10.6. The van der Waals surface area contributed by atoms with Crippen LogP contribution in [0.3, 0.4) is 0 Å². The second-order valence-corrected chi connectivity index (χ2v) is 8.71. The third-order valence-electron chi connectivity index (χ3n) is 5.91. The molecule has 0 aliphatic carbocycles. The van der Waals surface area contributed by atoms with Crippen molar-refractivity contribution in [2.75, 3.05) is 11.9 Å². The molecule has 1 fully saturated rings. The molecule has 9 nitrogen and oxygen atoms in total. The molecule has 3 N–H and O–H groups in total. The molecule has 2 aromatic rings. The summed E-state index contributed by atoms with van der Waals surface area (Å²) in [4.78, 5) is 63.6. The van der Waals surface area contributed by atoms with Gasteiger partial charge in [-0.3, -0.25) is 24.5 Å². The number of nitrogens with one attached hydrogen (secondary N) is 3. The van der Waals surface area contributed by atoms with Crippen LogP contribution in [0.2, 0.25) is 5.02 Å². The lowest BCUT2D eigenvalue weighted by Gasteiger charge is -2.39. The van der Waals surface area contributed by atoms with Gasteiger partial charge in [0.2, 0.25) is 5.91 Å². The van der Waals surface area contributed by atoms with Crippen LogP contribution in [0.15, 0.2) is 36.4 Å². The molecule has 2 aliphatic heterocycles. The topological polar surface area (TPSA) is 125 Å². The van der Waals surface area contributed by atoms with Crippen LogP contribution in [-0.2, 0) is 16.1 Å². The smallest absolute Gasteiger partial charge is 0.326 e. The van der Waals surface area contributed by atoms with E-state index < -0.39 is 29.3 Å². The Bertz CT molecular complexity index is 1230. The predicted octanol–water partition coefficient (Wildman–Crippen LogP) is 2.41. The summed E-state index contributed by atoms with van der Waals surface area (Å²) in [5.41, 5.74) is 0.949. The van der Waals surface area contributed by atoms with Gasteiger partial charge in [-0.25, -0.2) is 4.79 Å². The summed E-state index contributed by atoms with van der Waals surface area (Å²) >= 11 is 6.04. The Morgan fingerprint density at radius 2 is 1.88 bits per heavy atom. The average Bonchev–Trinajstić information content (AvgIpc) is 3.10. The Labute approximate surface area is 194 Å². The van der Waals surface area contributed by atoms with Crippen molar-refractivity contribution in [2.45, 2.75) is 32.4 Å². The third kappa shape index (κ3) is 4.19. The number of rotatable bonds is 3. The van der Waals surface area contributed by atoms with Gasteiger partial charge in [0.15, 0.2) is 5.78 Å². The summed E-state index contributed by atoms with van der Waals surface area (Å²) < 4.78 is 0. The summed E-state index contributed by atoms with van der Waals surface area (Å²) in [5, 5.41) is 7.74. The van der Waals surface area contributed by atoms with Crippen LogP contribution in [0.4, 0.5) is 10.5 Å². The number of carbonyl (C=O) groups excluding carboxylic acids is 5. The van der Waals surface area contributed by atoms with Crippen LogP contribution >= 0.6 is 11.6 Å². The molecule has 4 rings (SSSR count). The third-order valence-corrected chi connectivity index (χ3v) is 6.31. The number of aryl methyl sites for hydroxylation is 1. The van der Waals surface area contributed by atoms with Gasteiger partial charge in [-0.2, -0.15) is 0 Å². The largest absolute Gasteiger partial charge is 0.347 e. The molecular formula is C23H21ClN4O5. The number of anilines is 1. The van der Waals surface area contributed by atoms with Gasteiger partial charge in [0, 0.05) is 34.8 Å². The molecule has 2 heterocycles. The minimum atomic E-state index is -1.30. The van der Waals surface area contributed by atoms with Crippen molar-refractivity contribution in [1.82, 2.24) is 15.5 Å². The number of nitrogens with zero attached hydrogens (tertiary/aromatic N) is 1. The molecule has 0 spiro atoms. The Morgan fingerprint density at radius 3 is 2.61 bits per heavy atom. The van der Waals surface area contributed by atoms with E-state index in [0.717, 1.165) is 5.56 Å². The van der Waals surface area contributed by atoms with Crippen molar-refractivity contribution in [2.24, 2.45) is 0 Å². The summed E-state index contributed by atoms with van der Waals surface area (Å²) in [5.74, 6) is -1.71. The molecule has 1 unspecified atom stereocenters. The summed E-state index contributed by atoms with van der Waals surface area (Å²) in [7, 11) is 0. The monoisotopic (exact) mass is 468 g/mol. The lowest BCUT2D eigenvalue weighted by atomic mass is 9.88. The van der Waals surface area contributed by atoms with E-state index in [-0.39, 0.29) is 36.4 Å². The highest BCUT2D eigenvalue weighted by atomic mass is 35.5. The highest BCUT2D eigenvalue weighted by Crippen LogP contribution is 2.33. The maximum absolute atomic E-state index is 13.1. The zero-order valence-corrected chi connectivity index (χ0v) is 18.7. The number of piperidine rings is 1. The van der Waals surface area contributed by atoms with Gasteiger partial charge >= 0.3 is 6.03 Å². The van der Waals surface area contributed by atoms with E-state index in [9.17, 15) is 24.0 Å². The molecule has 0 saturated carbocycles. The van der Waals surface area contributed by atoms with Crippen LogP contribution in [0.25, 0.3) is 0 Å². The van der Waals surface area contributed by atoms with Crippen molar-refractivity contribution >= 4 is 46.8 Å². The van der Waals surface area contributed by atoms with Crippen LogP contribution in [0, 0.1) is 6.92 Å². The minimum Gasteiger partial charge on any atom is -0.347 e. The van der Waals surface area contributed by atoms with E-state index >= 15 is 0 Å². The molecule has 1 atom stereocenters. The quantitative estimate of drug-likeness (QED) is 0.638. The number of Topliss-reactive ketones (excluding diaryl/α,β-unsaturated/α-hetero) is 1. The van der Waals surface area contributed by atoms with Gasteiger partial charge in [0.25, 0.3) is 11.8 Å². The van der Waals surface area contributed by atoms with Crippen molar-refractivity contribution in [3.63, 3.8) is 0 Å². The zero-order chi connectivity index (χ0) is 23.9. The van der Waals surface area contributed by atoms with Crippen molar-refractivity contribution in [3.05, 3.63) is 63.7 Å². The molecule has 170 valence electrons. The van der Waals surface area contributed by atoms with Gasteiger partial charge in [-0.15, -0.1) is 0 Å². The zero-order valence-electron chi connectivity index (χ0n) is 18.0. The second kappa shape index (κ2) is 8.32. The van der Waals surface area contributed by atoms with Crippen molar-refractivity contribution in [3.8, 4) is 0 Å². The highest BCUT2D eigenvalue weighted by molar-refractivity contribution is 6.31. The highest BCUT2D eigenvalue weighted by Gasteiger charge is 2.49. The van der Waals surface area contributed by atoms with Gasteiger partial charge in [0.05, 0.1) is 6.54 Å². The number of hydrogen-bond acceptors (Lipinski definition) is 5. The number of halogens is 1. The number of carbonyl (C=O) groups is 5. The van der Waals surface area contributed by atoms with E-state index in [1.54, 1.807) is 31.2 Å². The van der Waals surface area contributed by atoms with Crippen molar-refractivity contribution < 1.29 is 24.0 Å². The predicted molar refractivity (Wildman–Crippen MR) is 120 cm³/mol. The fourth-order valence-electron chi connectivity index (χ4n) is 3.96. The SMILES string of the molecule is Cc1ccc(NC(=O)NC(=O)c2ccc3c(c2)C(=O)N(C2(C)CC(=O)CNC2=O)C3)cc1Cl. The van der Waals surface area contributed by atoms with E-state index in [1.165, 1.54) is 17.0 Å². The van der Waals surface area contributed by atoms with Crippen LogP contribution < -0.4 is 16.0 Å². The molecular weight excluding hydrogens is 448 g/mol. The van der Waals surface area contributed by atoms with E-state index in [4.69, 9.17) is 11.6 Å². The summed E-state index contributed by atoms with van der Waals surface area (Å²) in [6.45, 7) is 3.47. The number of fused-ring (bicyclic) bond motifs is 1. The first-order chi connectivity index (χ1) is 15.6. The molecule has 5 amide bonds. The Morgan fingerprint density at radius 1 is 1.12 bits per heavy atom.